The molecule has 0 saturated heterocycles. The first-order valence-electron chi connectivity index (χ1n) is 4.65. The Kier molecular flexibility index (Phi) is 3.82. The van der Waals surface area contributed by atoms with Crippen molar-refractivity contribution in [2.24, 2.45) is 0 Å². The molecule has 0 aliphatic heterocycles. The van der Waals surface area contributed by atoms with E-state index in [1.54, 1.807) is 12.1 Å². The van der Waals surface area contributed by atoms with E-state index >= 15 is 0 Å². The average Bonchev–Trinajstić information content (AvgIpc) is 2.28. The first kappa shape index (κ1) is 12.6. The Hall–Kier alpha value is -0.900. The van der Waals surface area contributed by atoms with Crippen LogP contribution >= 0.6 is 34.8 Å². The molecule has 6 heteroatoms. The molecule has 2 aromatic rings. The van der Waals surface area contributed by atoms with Crippen molar-refractivity contribution in [3.63, 3.8) is 0 Å². The van der Waals surface area contributed by atoms with Crippen LogP contribution in [0.15, 0.2) is 24.3 Å². The third-order valence-electron chi connectivity index (χ3n) is 2.10. The Labute approximate surface area is 112 Å². The Bertz CT molecular complexity index is 537. The molecule has 0 bridgehead atoms. The molecule has 88 valence electrons. The lowest BCUT2D eigenvalue weighted by Crippen LogP contribution is -1.96. The molecule has 1 aromatic carbocycles. The van der Waals surface area contributed by atoms with Gasteiger partial charge in [0.1, 0.15) is 21.9 Å². The van der Waals surface area contributed by atoms with Gasteiger partial charge in [-0.05, 0) is 17.7 Å². The highest BCUT2D eigenvalue weighted by atomic mass is 35.5. The predicted molar refractivity (Wildman–Crippen MR) is 67.0 cm³/mol. The molecule has 17 heavy (non-hydrogen) atoms. The maximum Gasteiger partial charge on any atom is 0.146 e. The second kappa shape index (κ2) is 5.17. The molecule has 0 N–H and O–H groups in total. The quantitative estimate of drug-likeness (QED) is 0.608. The van der Waals surface area contributed by atoms with E-state index in [-0.39, 0.29) is 22.0 Å². The van der Waals surface area contributed by atoms with Gasteiger partial charge in [-0.15, -0.1) is 11.6 Å². The van der Waals surface area contributed by atoms with Crippen LogP contribution in [0.4, 0.5) is 4.39 Å². The van der Waals surface area contributed by atoms with Gasteiger partial charge in [-0.3, -0.25) is 0 Å². The number of aromatic nitrogens is 2. The van der Waals surface area contributed by atoms with Crippen LogP contribution in [0.3, 0.4) is 0 Å². The normalized spacial score (nSPS) is 10.6. The minimum absolute atomic E-state index is 0.114. The largest absolute Gasteiger partial charge is 0.219 e. The second-order valence-corrected chi connectivity index (χ2v) is 4.22. The van der Waals surface area contributed by atoms with E-state index in [1.165, 1.54) is 12.1 Å². The van der Waals surface area contributed by atoms with Crippen molar-refractivity contribution in [2.45, 2.75) is 5.88 Å². The molecule has 2 rings (SSSR count). The fourth-order valence-corrected chi connectivity index (χ4v) is 2.15. The fraction of sp³-hybridized carbons (Fsp3) is 0.0909. The summed E-state index contributed by atoms with van der Waals surface area (Å²) in [6.07, 6.45) is 0. The van der Waals surface area contributed by atoms with E-state index in [4.69, 9.17) is 34.8 Å². The SMILES string of the molecule is Fc1cccc(-c2c(Cl)nc(CCl)nc2Cl)c1. The number of hydrogen-bond donors (Lipinski definition) is 0. The van der Waals surface area contributed by atoms with Crippen molar-refractivity contribution >= 4 is 34.8 Å². The lowest BCUT2D eigenvalue weighted by Gasteiger charge is -2.07. The van der Waals surface area contributed by atoms with Gasteiger partial charge in [0.2, 0.25) is 0 Å². The smallest absolute Gasteiger partial charge is 0.146 e. The van der Waals surface area contributed by atoms with Crippen LogP contribution in [0.1, 0.15) is 5.82 Å². The molecular weight excluding hydrogens is 285 g/mol. The molecule has 0 fully saturated rings. The summed E-state index contributed by atoms with van der Waals surface area (Å²) in [5, 5.41) is 0.317. The highest BCUT2D eigenvalue weighted by Crippen LogP contribution is 2.32. The molecular formula is C11H6Cl3FN2. The Balaban J connectivity index is 2.60. The van der Waals surface area contributed by atoms with Crippen molar-refractivity contribution in [1.82, 2.24) is 9.97 Å². The van der Waals surface area contributed by atoms with Gasteiger partial charge >= 0.3 is 0 Å². The summed E-state index contributed by atoms with van der Waals surface area (Å²) in [5.41, 5.74) is 0.933. The zero-order valence-corrected chi connectivity index (χ0v) is 10.7. The van der Waals surface area contributed by atoms with Crippen LogP contribution in [0.2, 0.25) is 10.3 Å². The average molecular weight is 292 g/mol. The van der Waals surface area contributed by atoms with Crippen LogP contribution in [-0.4, -0.2) is 9.97 Å². The third kappa shape index (κ3) is 2.68. The molecule has 2 nitrogen and oxygen atoms in total. The number of hydrogen-bond acceptors (Lipinski definition) is 2. The fourth-order valence-electron chi connectivity index (χ4n) is 1.39. The molecule has 0 saturated carbocycles. The van der Waals surface area contributed by atoms with Gasteiger partial charge in [0.15, 0.2) is 0 Å². The zero-order valence-electron chi connectivity index (χ0n) is 8.42. The van der Waals surface area contributed by atoms with Gasteiger partial charge in [0.05, 0.1) is 11.4 Å². The predicted octanol–water partition coefficient (Wildman–Crippen LogP) is 4.33. The Morgan fingerprint density at radius 1 is 1.12 bits per heavy atom. The van der Waals surface area contributed by atoms with Crippen LogP contribution in [0.5, 0.6) is 0 Å². The maximum atomic E-state index is 13.1. The summed E-state index contributed by atoms with van der Waals surface area (Å²) in [6, 6.07) is 5.89. The van der Waals surface area contributed by atoms with Crippen molar-refractivity contribution < 1.29 is 4.39 Å². The summed E-state index contributed by atoms with van der Waals surface area (Å²) in [7, 11) is 0. The summed E-state index contributed by atoms with van der Waals surface area (Å²) >= 11 is 17.6. The first-order chi connectivity index (χ1) is 8.11. The van der Waals surface area contributed by atoms with Gasteiger partial charge in [0, 0.05) is 0 Å². The van der Waals surface area contributed by atoms with Crippen LogP contribution < -0.4 is 0 Å². The number of halogens is 4. The standard InChI is InChI=1S/C11H6Cl3FN2/c12-5-8-16-10(13)9(11(14)17-8)6-2-1-3-7(15)4-6/h1-4H,5H2. The highest BCUT2D eigenvalue weighted by Gasteiger charge is 2.13. The van der Waals surface area contributed by atoms with Crippen molar-refractivity contribution in [2.75, 3.05) is 0 Å². The van der Waals surface area contributed by atoms with Crippen molar-refractivity contribution in [1.29, 1.82) is 0 Å². The van der Waals surface area contributed by atoms with E-state index < -0.39 is 0 Å². The summed E-state index contributed by atoms with van der Waals surface area (Å²) < 4.78 is 13.1. The Morgan fingerprint density at radius 3 is 2.29 bits per heavy atom. The van der Waals surface area contributed by atoms with E-state index in [0.717, 1.165) is 0 Å². The van der Waals surface area contributed by atoms with Gasteiger partial charge in [-0.1, -0.05) is 35.3 Å². The second-order valence-electron chi connectivity index (χ2n) is 3.24. The van der Waals surface area contributed by atoms with Crippen LogP contribution in [0.25, 0.3) is 11.1 Å². The molecule has 0 amide bonds. The van der Waals surface area contributed by atoms with Crippen LogP contribution in [0, 0.1) is 5.82 Å². The lowest BCUT2D eigenvalue weighted by atomic mass is 10.1. The van der Waals surface area contributed by atoms with Gasteiger partial charge in [-0.2, -0.15) is 0 Å². The first-order valence-corrected chi connectivity index (χ1v) is 5.94. The summed E-state index contributed by atoms with van der Waals surface area (Å²) in [6.45, 7) is 0. The van der Waals surface area contributed by atoms with Gasteiger partial charge in [-0.25, -0.2) is 14.4 Å². The zero-order chi connectivity index (χ0) is 12.4. The third-order valence-corrected chi connectivity index (χ3v) is 2.89. The number of nitrogens with zero attached hydrogens (tertiary/aromatic N) is 2. The lowest BCUT2D eigenvalue weighted by molar-refractivity contribution is 0.628. The number of alkyl halides is 1. The molecule has 0 aliphatic carbocycles. The molecule has 1 aromatic heterocycles. The minimum Gasteiger partial charge on any atom is -0.219 e. The Morgan fingerprint density at radius 2 is 1.76 bits per heavy atom. The van der Waals surface area contributed by atoms with Gasteiger partial charge < -0.3 is 0 Å². The summed E-state index contributed by atoms with van der Waals surface area (Å²) in [5.74, 6) is 0.0703. The topological polar surface area (TPSA) is 25.8 Å². The van der Waals surface area contributed by atoms with E-state index in [0.29, 0.717) is 17.0 Å². The number of benzene rings is 1. The molecule has 0 aliphatic rings. The van der Waals surface area contributed by atoms with E-state index in [2.05, 4.69) is 9.97 Å². The molecule has 0 radical (unpaired) electrons. The van der Waals surface area contributed by atoms with E-state index in [9.17, 15) is 4.39 Å². The minimum atomic E-state index is -0.379. The van der Waals surface area contributed by atoms with Crippen LogP contribution in [-0.2, 0) is 5.88 Å². The van der Waals surface area contributed by atoms with E-state index in [1.807, 2.05) is 0 Å². The maximum absolute atomic E-state index is 13.1. The van der Waals surface area contributed by atoms with Gasteiger partial charge in [0.25, 0.3) is 0 Å². The summed E-state index contributed by atoms with van der Waals surface area (Å²) in [4.78, 5) is 7.95. The monoisotopic (exact) mass is 290 g/mol. The molecule has 1 heterocycles. The highest BCUT2D eigenvalue weighted by molar-refractivity contribution is 6.37. The molecule has 0 atom stereocenters. The van der Waals surface area contributed by atoms with Crippen molar-refractivity contribution in [3.8, 4) is 11.1 Å². The molecule has 0 unspecified atom stereocenters. The number of rotatable bonds is 2. The molecule has 0 spiro atoms. The van der Waals surface area contributed by atoms with Crippen molar-refractivity contribution in [3.05, 3.63) is 46.2 Å².